The van der Waals surface area contributed by atoms with Crippen molar-refractivity contribution in [2.75, 3.05) is 12.3 Å². The zero-order valence-corrected chi connectivity index (χ0v) is 11.8. The molecule has 0 radical (unpaired) electrons. The van der Waals surface area contributed by atoms with E-state index in [1.165, 1.54) is 10.9 Å². The molecule has 1 aliphatic heterocycles. The Kier molecular flexibility index (Phi) is 3.40. The second-order valence-corrected chi connectivity index (χ2v) is 5.30. The maximum Gasteiger partial charge on any atom is 0.280 e. The summed E-state index contributed by atoms with van der Waals surface area (Å²) in [7, 11) is 0. The van der Waals surface area contributed by atoms with Gasteiger partial charge in [0.2, 0.25) is 5.95 Å². The molecule has 0 amide bonds. The molecule has 2 aromatic heterocycles. The molecule has 4 atom stereocenters. The number of nitrogen functional groups attached to an aromatic ring is 1. The summed E-state index contributed by atoms with van der Waals surface area (Å²) >= 11 is 0. The van der Waals surface area contributed by atoms with Crippen molar-refractivity contribution in [1.29, 1.82) is 0 Å². The van der Waals surface area contributed by atoms with Gasteiger partial charge < -0.3 is 25.8 Å². The number of hydrogen-bond acceptors (Lipinski definition) is 8. The number of nitrogens with two attached hydrogens (primary N) is 1. The first kappa shape index (κ1) is 14.9. The third-order valence-electron chi connectivity index (χ3n) is 4.10. The molecule has 0 bridgehead atoms. The second kappa shape index (κ2) is 5.02. The number of fused-ring (bicyclic) bond motifs is 1. The number of aliphatic hydroxyl groups is 3. The van der Waals surface area contributed by atoms with E-state index in [-0.39, 0.29) is 17.1 Å². The summed E-state index contributed by atoms with van der Waals surface area (Å²) in [6.07, 6.45) is -2.08. The first-order chi connectivity index (χ1) is 10.4. The molecule has 2 aromatic rings. The van der Waals surface area contributed by atoms with E-state index in [0.29, 0.717) is 6.42 Å². The Bertz CT molecular complexity index is 752. The highest BCUT2D eigenvalue weighted by Crippen LogP contribution is 2.39. The largest absolute Gasteiger partial charge is 0.393 e. The summed E-state index contributed by atoms with van der Waals surface area (Å²) in [6, 6.07) is 0. The van der Waals surface area contributed by atoms with Crippen LogP contribution in [0.3, 0.4) is 0 Å². The van der Waals surface area contributed by atoms with Crippen molar-refractivity contribution in [3.8, 4) is 0 Å². The molecule has 120 valence electrons. The van der Waals surface area contributed by atoms with Gasteiger partial charge >= 0.3 is 0 Å². The molecule has 0 aliphatic carbocycles. The highest BCUT2D eigenvalue weighted by Gasteiger charge is 2.53. The Hall–Kier alpha value is -2.01. The van der Waals surface area contributed by atoms with Crippen molar-refractivity contribution >= 4 is 17.1 Å². The van der Waals surface area contributed by atoms with Crippen LogP contribution >= 0.6 is 0 Å². The van der Waals surface area contributed by atoms with Gasteiger partial charge in [-0.3, -0.25) is 14.3 Å². The van der Waals surface area contributed by atoms with Crippen molar-refractivity contribution < 1.29 is 20.1 Å². The highest BCUT2D eigenvalue weighted by atomic mass is 16.6. The molecular formula is C12H17N5O5. The number of aromatic nitrogens is 4. The topological polar surface area (TPSA) is 160 Å². The predicted molar refractivity (Wildman–Crippen MR) is 74.8 cm³/mol. The van der Waals surface area contributed by atoms with Gasteiger partial charge in [-0.15, -0.1) is 0 Å². The molecule has 0 unspecified atom stereocenters. The number of rotatable bonds is 3. The van der Waals surface area contributed by atoms with Gasteiger partial charge in [0.1, 0.15) is 17.8 Å². The third kappa shape index (κ3) is 1.92. The van der Waals surface area contributed by atoms with Crippen molar-refractivity contribution in [2.45, 2.75) is 37.4 Å². The zero-order chi connectivity index (χ0) is 16.1. The van der Waals surface area contributed by atoms with Gasteiger partial charge in [-0.2, -0.15) is 4.98 Å². The van der Waals surface area contributed by atoms with Crippen LogP contribution in [0, 0.1) is 0 Å². The van der Waals surface area contributed by atoms with Crippen LogP contribution in [0.2, 0.25) is 0 Å². The lowest BCUT2D eigenvalue weighted by Crippen LogP contribution is -2.45. The van der Waals surface area contributed by atoms with Crippen molar-refractivity contribution in [3.63, 3.8) is 0 Å². The molecule has 3 rings (SSSR count). The van der Waals surface area contributed by atoms with Gasteiger partial charge in [0, 0.05) is 0 Å². The molecular weight excluding hydrogens is 294 g/mol. The van der Waals surface area contributed by atoms with Crippen molar-refractivity contribution in [2.24, 2.45) is 0 Å². The minimum atomic E-state index is -1.31. The van der Waals surface area contributed by atoms with E-state index in [4.69, 9.17) is 10.5 Å². The van der Waals surface area contributed by atoms with Gasteiger partial charge in [-0.05, 0) is 6.42 Å². The third-order valence-corrected chi connectivity index (χ3v) is 4.10. The smallest absolute Gasteiger partial charge is 0.280 e. The Morgan fingerprint density at radius 1 is 1.55 bits per heavy atom. The highest BCUT2D eigenvalue weighted by molar-refractivity contribution is 5.70. The number of nitrogens with one attached hydrogen (secondary N) is 1. The number of aliphatic hydroxyl groups excluding tert-OH is 3. The number of hydrogen-bond donors (Lipinski definition) is 5. The lowest BCUT2D eigenvalue weighted by Gasteiger charge is -2.28. The van der Waals surface area contributed by atoms with Crippen LogP contribution in [-0.2, 0) is 4.74 Å². The fraction of sp³-hybridized carbons (Fsp3) is 0.583. The van der Waals surface area contributed by atoms with Gasteiger partial charge in [-0.1, -0.05) is 6.92 Å². The molecule has 0 aromatic carbocycles. The van der Waals surface area contributed by atoms with Crippen LogP contribution in [0.4, 0.5) is 5.95 Å². The maximum absolute atomic E-state index is 11.8. The number of nitrogens with zero attached hydrogens (tertiary/aromatic N) is 3. The molecule has 10 heteroatoms. The molecule has 1 saturated heterocycles. The van der Waals surface area contributed by atoms with Crippen molar-refractivity contribution in [1.82, 2.24) is 19.5 Å². The molecule has 0 spiro atoms. The molecule has 6 N–H and O–H groups in total. The Labute approximate surface area is 124 Å². The van der Waals surface area contributed by atoms with Crippen LogP contribution in [-0.4, -0.2) is 59.3 Å². The standard InChI is InChI=1S/C12H17N5O5/c1-2-12(3-18)7(20)6(19)10(22-12)17-4-14-5-8(17)15-11(13)16-9(5)21/h4,6-7,10,18-20H,2-3H2,1H3,(H3,13,15,16,21)/t6-,7+,10-,12-/m1/s1. The molecule has 3 heterocycles. The summed E-state index contributed by atoms with van der Waals surface area (Å²) in [5.41, 5.74) is 3.89. The number of ether oxygens (including phenoxy) is 1. The maximum atomic E-state index is 11.8. The fourth-order valence-electron chi connectivity index (χ4n) is 2.73. The van der Waals surface area contributed by atoms with Gasteiger partial charge in [-0.25, -0.2) is 4.98 Å². The van der Waals surface area contributed by atoms with E-state index in [1.54, 1.807) is 6.92 Å². The number of aromatic amines is 1. The van der Waals surface area contributed by atoms with E-state index in [0.717, 1.165) is 0 Å². The van der Waals surface area contributed by atoms with Crippen LogP contribution in [0.15, 0.2) is 11.1 Å². The van der Waals surface area contributed by atoms with Crippen LogP contribution in [0.5, 0.6) is 0 Å². The molecule has 1 fully saturated rings. The summed E-state index contributed by atoms with van der Waals surface area (Å²) < 4.78 is 7.01. The minimum Gasteiger partial charge on any atom is -0.393 e. The normalized spacial score (nSPS) is 31.9. The Morgan fingerprint density at radius 3 is 2.86 bits per heavy atom. The van der Waals surface area contributed by atoms with E-state index >= 15 is 0 Å². The minimum absolute atomic E-state index is 0.0393. The summed E-state index contributed by atoms with van der Waals surface area (Å²) in [5.74, 6) is -0.101. The SMILES string of the molecule is CC[C@]1(CO)O[C@@H](n2cnc3c(=O)[nH]c(N)nc32)[C@H](O)[C@@H]1O. The predicted octanol–water partition coefficient (Wildman–Crippen LogP) is -1.91. The summed E-state index contributed by atoms with van der Waals surface area (Å²) in [4.78, 5) is 22.0. The van der Waals surface area contributed by atoms with Crippen molar-refractivity contribution in [3.05, 3.63) is 16.7 Å². The quantitative estimate of drug-likeness (QED) is 0.439. The fourth-order valence-corrected chi connectivity index (χ4v) is 2.73. The molecule has 22 heavy (non-hydrogen) atoms. The number of imidazole rings is 1. The molecule has 10 nitrogen and oxygen atoms in total. The number of anilines is 1. The Balaban J connectivity index is 2.11. The van der Waals surface area contributed by atoms with Gasteiger partial charge in [0.15, 0.2) is 17.4 Å². The first-order valence-corrected chi connectivity index (χ1v) is 6.80. The van der Waals surface area contributed by atoms with Crippen LogP contribution < -0.4 is 11.3 Å². The molecule has 0 saturated carbocycles. The average Bonchev–Trinajstić information content (AvgIpc) is 3.01. The summed E-state index contributed by atoms with van der Waals surface area (Å²) in [5, 5.41) is 29.9. The first-order valence-electron chi connectivity index (χ1n) is 6.80. The second-order valence-electron chi connectivity index (χ2n) is 5.30. The van der Waals surface area contributed by atoms with E-state index in [1.807, 2.05) is 0 Å². The van der Waals surface area contributed by atoms with E-state index < -0.39 is 36.2 Å². The summed E-state index contributed by atoms with van der Waals surface area (Å²) in [6.45, 7) is 1.27. The van der Waals surface area contributed by atoms with Crippen LogP contribution in [0.1, 0.15) is 19.6 Å². The zero-order valence-electron chi connectivity index (χ0n) is 11.8. The van der Waals surface area contributed by atoms with Crippen LogP contribution in [0.25, 0.3) is 11.2 Å². The van der Waals surface area contributed by atoms with Gasteiger partial charge in [0.25, 0.3) is 5.56 Å². The monoisotopic (exact) mass is 311 g/mol. The average molecular weight is 311 g/mol. The van der Waals surface area contributed by atoms with E-state index in [2.05, 4.69) is 15.0 Å². The lowest BCUT2D eigenvalue weighted by molar-refractivity contribution is -0.129. The molecule has 1 aliphatic rings. The lowest BCUT2D eigenvalue weighted by atomic mass is 9.93. The van der Waals surface area contributed by atoms with Gasteiger partial charge in [0.05, 0.1) is 12.9 Å². The number of H-pyrrole nitrogens is 1. The van der Waals surface area contributed by atoms with E-state index in [9.17, 15) is 20.1 Å². The Morgan fingerprint density at radius 2 is 2.27 bits per heavy atom.